The zero-order valence-electron chi connectivity index (χ0n) is 10.7. The second-order valence-corrected chi connectivity index (χ2v) is 4.86. The highest BCUT2D eigenvalue weighted by Crippen LogP contribution is 2.38. The third-order valence-electron chi connectivity index (χ3n) is 3.10. The second-order valence-electron chi connectivity index (χ2n) is 4.86. The summed E-state index contributed by atoms with van der Waals surface area (Å²) in [5, 5.41) is 11.6. The van der Waals surface area contributed by atoms with E-state index < -0.39 is 0 Å². The second kappa shape index (κ2) is 5.24. The van der Waals surface area contributed by atoms with E-state index in [1.54, 1.807) is 0 Å². The van der Waals surface area contributed by atoms with E-state index in [1.165, 1.54) is 0 Å². The number of carbonyl (C=O) groups is 1. The lowest BCUT2D eigenvalue weighted by Crippen LogP contribution is -2.14. The Bertz CT molecular complexity index is 525. The van der Waals surface area contributed by atoms with Gasteiger partial charge in [0.25, 0.3) is 0 Å². The maximum Gasteiger partial charge on any atom is 0.227 e. The summed E-state index contributed by atoms with van der Waals surface area (Å²) in [7, 11) is 0. The van der Waals surface area contributed by atoms with Gasteiger partial charge in [-0.05, 0) is 43.0 Å². The number of aliphatic hydroxyl groups excluding tert-OH is 1. The number of hydrogen-bond donors (Lipinski definition) is 2. The fourth-order valence-corrected chi connectivity index (χ4v) is 1.99. The van der Waals surface area contributed by atoms with Crippen LogP contribution in [0.4, 0.5) is 5.69 Å². The SMILES string of the molecule is Cc1cc(C#CCO)cc(NC(=O)C2CC2C)c1. The molecule has 0 spiro atoms. The van der Waals surface area contributed by atoms with Crippen molar-refractivity contribution in [2.75, 3.05) is 11.9 Å². The molecule has 18 heavy (non-hydrogen) atoms. The van der Waals surface area contributed by atoms with Crippen LogP contribution in [0.5, 0.6) is 0 Å². The zero-order valence-corrected chi connectivity index (χ0v) is 10.7. The Balaban J connectivity index is 2.12. The summed E-state index contributed by atoms with van der Waals surface area (Å²) in [4.78, 5) is 11.8. The average Bonchev–Trinajstić information content (AvgIpc) is 3.03. The molecule has 94 valence electrons. The first kappa shape index (κ1) is 12.7. The van der Waals surface area contributed by atoms with Gasteiger partial charge in [0.1, 0.15) is 6.61 Å². The Morgan fingerprint density at radius 1 is 1.50 bits per heavy atom. The molecule has 0 saturated heterocycles. The highest BCUT2D eigenvalue weighted by Gasteiger charge is 2.39. The molecular formula is C15H17NO2. The molecule has 0 heterocycles. The molecule has 1 amide bonds. The average molecular weight is 243 g/mol. The van der Waals surface area contributed by atoms with E-state index in [-0.39, 0.29) is 18.4 Å². The smallest absolute Gasteiger partial charge is 0.227 e. The fourth-order valence-electron chi connectivity index (χ4n) is 1.99. The van der Waals surface area contributed by atoms with Crippen molar-refractivity contribution in [2.45, 2.75) is 20.3 Å². The number of benzene rings is 1. The van der Waals surface area contributed by atoms with Crippen molar-refractivity contribution in [1.29, 1.82) is 0 Å². The summed E-state index contributed by atoms with van der Waals surface area (Å²) < 4.78 is 0. The van der Waals surface area contributed by atoms with E-state index in [2.05, 4.69) is 24.1 Å². The van der Waals surface area contributed by atoms with Crippen LogP contribution in [0.2, 0.25) is 0 Å². The molecule has 0 aliphatic heterocycles. The first-order valence-corrected chi connectivity index (χ1v) is 6.12. The Morgan fingerprint density at radius 2 is 2.22 bits per heavy atom. The minimum atomic E-state index is -0.158. The molecule has 3 nitrogen and oxygen atoms in total. The lowest BCUT2D eigenvalue weighted by atomic mass is 10.1. The van der Waals surface area contributed by atoms with Crippen molar-refractivity contribution >= 4 is 11.6 Å². The van der Waals surface area contributed by atoms with Crippen molar-refractivity contribution in [1.82, 2.24) is 0 Å². The van der Waals surface area contributed by atoms with Crippen LogP contribution in [0.3, 0.4) is 0 Å². The largest absolute Gasteiger partial charge is 0.384 e. The highest BCUT2D eigenvalue weighted by atomic mass is 16.2. The quantitative estimate of drug-likeness (QED) is 0.780. The number of aliphatic hydroxyl groups is 1. The molecule has 1 saturated carbocycles. The monoisotopic (exact) mass is 243 g/mol. The van der Waals surface area contributed by atoms with Crippen molar-refractivity contribution in [3.05, 3.63) is 29.3 Å². The highest BCUT2D eigenvalue weighted by molar-refractivity contribution is 5.94. The molecule has 1 aliphatic carbocycles. The van der Waals surface area contributed by atoms with Gasteiger partial charge in [-0.3, -0.25) is 4.79 Å². The topological polar surface area (TPSA) is 49.3 Å². The molecule has 2 unspecified atom stereocenters. The van der Waals surface area contributed by atoms with E-state index in [0.717, 1.165) is 23.2 Å². The van der Waals surface area contributed by atoms with E-state index in [0.29, 0.717) is 5.92 Å². The molecule has 2 atom stereocenters. The summed E-state index contributed by atoms with van der Waals surface area (Å²) in [6.07, 6.45) is 0.981. The van der Waals surface area contributed by atoms with Gasteiger partial charge in [-0.2, -0.15) is 0 Å². The number of anilines is 1. The Hall–Kier alpha value is -1.79. The van der Waals surface area contributed by atoms with Crippen LogP contribution in [-0.4, -0.2) is 17.6 Å². The van der Waals surface area contributed by atoms with Crippen molar-refractivity contribution in [3.63, 3.8) is 0 Å². The standard InChI is InChI=1S/C15H17NO2/c1-10-6-12(4-3-5-17)9-13(7-10)16-15(18)14-8-11(14)2/h6-7,9,11,14,17H,5,8H2,1-2H3,(H,16,18). The molecular weight excluding hydrogens is 226 g/mol. The van der Waals surface area contributed by atoms with Gasteiger partial charge < -0.3 is 10.4 Å². The van der Waals surface area contributed by atoms with Gasteiger partial charge in [0.2, 0.25) is 5.91 Å². The molecule has 2 rings (SSSR count). The molecule has 0 aromatic heterocycles. The summed E-state index contributed by atoms with van der Waals surface area (Å²) in [6.45, 7) is 3.88. The van der Waals surface area contributed by atoms with E-state index >= 15 is 0 Å². The molecule has 3 heteroatoms. The molecule has 1 aliphatic rings. The molecule has 1 aromatic carbocycles. The number of nitrogens with one attached hydrogen (secondary N) is 1. The minimum Gasteiger partial charge on any atom is -0.384 e. The fraction of sp³-hybridized carbons (Fsp3) is 0.400. The predicted molar refractivity (Wildman–Crippen MR) is 71.0 cm³/mol. The molecule has 1 aromatic rings. The third-order valence-corrected chi connectivity index (χ3v) is 3.10. The lowest BCUT2D eigenvalue weighted by molar-refractivity contribution is -0.117. The van der Waals surface area contributed by atoms with Crippen LogP contribution in [-0.2, 0) is 4.79 Å². The van der Waals surface area contributed by atoms with Gasteiger partial charge >= 0.3 is 0 Å². The Labute approximate surface area is 107 Å². The lowest BCUT2D eigenvalue weighted by Gasteiger charge is -2.06. The molecule has 1 fully saturated rings. The number of carbonyl (C=O) groups excluding carboxylic acids is 1. The molecule has 2 N–H and O–H groups in total. The number of rotatable bonds is 2. The van der Waals surface area contributed by atoms with Crippen LogP contribution < -0.4 is 5.32 Å². The van der Waals surface area contributed by atoms with Crippen LogP contribution in [0.15, 0.2) is 18.2 Å². The predicted octanol–water partition coefficient (Wildman–Crippen LogP) is 1.93. The maximum absolute atomic E-state index is 11.8. The Morgan fingerprint density at radius 3 is 2.83 bits per heavy atom. The zero-order chi connectivity index (χ0) is 13.1. The summed E-state index contributed by atoms with van der Waals surface area (Å²) in [5.41, 5.74) is 2.63. The van der Waals surface area contributed by atoms with E-state index in [9.17, 15) is 4.79 Å². The van der Waals surface area contributed by atoms with Crippen LogP contribution in [0.1, 0.15) is 24.5 Å². The van der Waals surface area contributed by atoms with Gasteiger partial charge in [0.05, 0.1) is 0 Å². The van der Waals surface area contributed by atoms with Crippen molar-refractivity contribution < 1.29 is 9.90 Å². The molecule has 0 bridgehead atoms. The van der Waals surface area contributed by atoms with Gasteiger partial charge in [-0.1, -0.05) is 18.8 Å². The van der Waals surface area contributed by atoms with Gasteiger partial charge in [0.15, 0.2) is 0 Å². The van der Waals surface area contributed by atoms with Gasteiger partial charge in [-0.25, -0.2) is 0 Å². The van der Waals surface area contributed by atoms with Gasteiger partial charge in [-0.15, -0.1) is 0 Å². The third kappa shape index (κ3) is 3.12. The van der Waals surface area contributed by atoms with Crippen molar-refractivity contribution in [3.8, 4) is 11.8 Å². The van der Waals surface area contributed by atoms with Crippen LogP contribution in [0, 0.1) is 30.6 Å². The first-order valence-electron chi connectivity index (χ1n) is 6.12. The van der Waals surface area contributed by atoms with Crippen molar-refractivity contribution in [2.24, 2.45) is 11.8 Å². The van der Waals surface area contributed by atoms with E-state index in [4.69, 9.17) is 5.11 Å². The minimum absolute atomic E-state index is 0.0918. The number of amides is 1. The summed E-state index contributed by atoms with van der Waals surface area (Å²) in [5.74, 6) is 6.22. The first-order chi connectivity index (χ1) is 8.60. The van der Waals surface area contributed by atoms with Crippen LogP contribution >= 0.6 is 0 Å². The maximum atomic E-state index is 11.8. The van der Waals surface area contributed by atoms with Crippen LogP contribution in [0.25, 0.3) is 0 Å². The summed E-state index contributed by atoms with van der Waals surface area (Å²) >= 11 is 0. The van der Waals surface area contributed by atoms with E-state index in [1.807, 2.05) is 25.1 Å². The Kier molecular flexibility index (Phi) is 3.69. The number of hydrogen-bond acceptors (Lipinski definition) is 2. The number of aryl methyl sites for hydroxylation is 1. The normalized spacial score (nSPS) is 20.8. The molecule has 0 radical (unpaired) electrons. The van der Waals surface area contributed by atoms with Gasteiger partial charge in [0, 0.05) is 17.2 Å². The summed E-state index contributed by atoms with van der Waals surface area (Å²) in [6, 6.07) is 5.69.